The van der Waals surface area contributed by atoms with Gasteiger partial charge in [0.25, 0.3) is 0 Å². The van der Waals surface area contributed by atoms with Crippen molar-refractivity contribution < 1.29 is 4.79 Å². The molecule has 0 bridgehead atoms. The molecule has 2 N–H and O–H groups in total. The Morgan fingerprint density at radius 2 is 2.00 bits per heavy atom. The third-order valence-electron chi connectivity index (χ3n) is 2.58. The van der Waals surface area contributed by atoms with E-state index in [0.717, 1.165) is 11.1 Å². The Balaban J connectivity index is 1.98. The lowest BCUT2D eigenvalue weighted by atomic mass is 10.1. The second-order valence-electron chi connectivity index (χ2n) is 4.14. The fourth-order valence-electron chi connectivity index (χ4n) is 1.55. The minimum Gasteiger partial charge on any atom is -0.311 e. The predicted octanol–water partition coefficient (Wildman–Crippen LogP) is 2.21. The number of benzene rings is 1. The van der Waals surface area contributed by atoms with E-state index in [4.69, 9.17) is 0 Å². The van der Waals surface area contributed by atoms with E-state index in [0.29, 0.717) is 12.2 Å². The summed E-state index contributed by atoms with van der Waals surface area (Å²) in [6, 6.07) is 7.94. The second kappa shape index (κ2) is 4.82. The number of H-pyrrole nitrogens is 1. The van der Waals surface area contributed by atoms with Gasteiger partial charge in [-0.25, -0.2) is 0 Å². The maximum Gasteiger partial charge on any atom is 0.229 e. The van der Waals surface area contributed by atoms with Crippen LogP contribution in [0.1, 0.15) is 16.7 Å². The Morgan fingerprint density at radius 3 is 2.59 bits per heavy atom. The molecule has 88 valence electrons. The van der Waals surface area contributed by atoms with Gasteiger partial charge in [0.15, 0.2) is 0 Å². The van der Waals surface area contributed by atoms with E-state index in [1.807, 2.05) is 38.1 Å². The molecule has 2 aromatic rings. The van der Waals surface area contributed by atoms with Gasteiger partial charge in [0, 0.05) is 5.56 Å². The molecule has 4 nitrogen and oxygen atoms in total. The fraction of sp³-hybridized carbons (Fsp3) is 0.231. The molecule has 1 aromatic heterocycles. The number of rotatable bonds is 3. The Hall–Kier alpha value is -2.10. The maximum atomic E-state index is 11.8. The molecule has 0 fully saturated rings. The number of aryl methyl sites for hydroxylation is 2. The Bertz CT molecular complexity index is 514. The van der Waals surface area contributed by atoms with Crippen LogP contribution < -0.4 is 5.32 Å². The molecule has 0 aliphatic carbocycles. The molecule has 1 aromatic carbocycles. The van der Waals surface area contributed by atoms with Gasteiger partial charge in [0.1, 0.15) is 5.82 Å². The second-order valence-corrected chi connectivity index (χ2v) is 4.14. The SMILES string of the molecule is Cc1ccc(CC(=O)Nc2[nH]ncc2C)cc1. The topological polar surface area (TPSA) is 57.8 Å². The number of hydrogen-bond donors (Lipinski definition) is 2. The molecule has 4 heteroatoms. The van der Waals surface area contributed by atoms with Crippen molar-refractivity contribution in [2.75, 3.05) is 5.32 Å². The van der Waals surface area contributed by atoms with Gasteiger partial charge in [-0.1, -0.05) is 29.8 Å². The highest BCUT2D eigenvalue weighted by molar-refractivity contribution is 5.91. The number of carbonyl (C=O) groups excluding carboxylic acids is 1. The fourth-order valence-corrected chi connectivity index (χ4v) is 1.55. The van der Waals surface area contributed by atoms with E-state index < -0.39 is 0 Å². The summed E-state index contributed by atoms with van der Waals surface area (Å²) in [6.45, 7) is 3.92. The molecule has 1 amide bonds. The summed E-state index contributed by atoms with van der Waals surface area (Å²) in [4.78, 5) is 11.8. The van der Waals surface area contributed by atoms with Crippen LogP contribution in [-0.4, -0.2) is 16.1 Å². The van der Waals surface area contributed by atoms with Crippen molar-refractivity contribution in [3.05, 3.63) is 47.2 Å². The summed E-state index contributed by atoms with van der Waals surface area (Å²) in [5, 5.41) is 9.40. The van der Waals surface area contributed by atoms with Crippen LogP contribution in [0.5, 0.6) is 0 Å². The van der Waals surface area contributed by atoms with Crippen LogP contribution in [0, 0.1) is 13.8 Å². The highest BCUT2D eigenvalue weighted by Crippen LogP contribution is 2.10. The summed E-state index contributed by atoms with van der Waals surface area (Å²) in [5.41, 5.74) is 3.13. The zero-order chi connectivity index (χ0) is 12.3. The largest absolute Gasteiger partial charge is 0.311 e. The highest BCUT2D eigenvalue weighted by atomic mass is 16.1. The number of amides is 1. The summed E-state index contributed by atoms with van der Waals surface area (Å²) in [6.07, 6.45) is 2.06. The van der Waals surface area contributed by atoms with Gasteiger partial charge in [-0.15, -0.1) is 0 Å². The molecular formula is C13H15N3O. The molecule has 0 radical (unpaired) electrons. The predicted molar refractivity (Wildman–Crippen MR) is 66.8 cm³/mol. The Kier molecular flexibility index (Phi) is 3.23. The minimum absolute atomic E-state index is 0.0406. The molecule has 0 aliphatic rings. The zero-order valence-corrected chi connectivity index (χ0v) is 9.95. The zero-order valence-electron chi connectivity index (χ0n) is 9.95. The number of carbonyl (C=O) groups is 1. The monoisotopic (exact) mass is 229 g/mol. The van der Waals surface area contributed by atoms with Crippen LogP contribution in [0.3, 0.4) is 0 Å². The van der Waals surface area contributed by atoms with E-state index in [1.165, 1.54) is 5.56 Å². The van der Waals surface area contributed by atoms with Crippen LogP contribution in [0.15, 0.2) is 30.5 Å². The third kappa shape index (κ3) is 2.93. The third-order valence-corrected chi connectivity index (χ3v) is 2.58. The van der Waals surface area contributed by atoms with Crippen molar-refractivity contribution in [2.45, 2.75) is 20.3 Å². The lowest BCUT2D eigenvalue weighted by Crippen LogP contribution is -2.15. The Morgan fingerprint density at radius 1 is 1.29 bits per heavy atom. The van der Waals surface area contributed by atoms with Gasteiger partial charge < -0.3 is 5.32 Å². The first-order valence-corrected chi connectivity index (χ1v) is 5.50. The number of anilines is 1. The normalized spacial score (nSPS) is 10.2. The first kappa shape index (κ1) is 11.4. The van der Waals surface area contributed by atoms with Crippen LogP contribution in [0.4, 0.5) is 5.82 Å². The lowest BCUT2D eigenvalue weighted by Gasteiger charge is -2.04. The average molecular weight is 229 g/mol. The van der Waals surface area contributed by atoms with E-state index in [1.54, 1.807) is 6.20 Å². The van der Waals surface area contributed by atoms with E-state index in [9.17, 15) is 4.79 Å². The minimum atomic E-state index is -0.0406. The van der Waals surface area contributed by atoms with Gasteiger partial charge in [-0.05, 0) is 19.4 Å². The molecule has 0 aliphatic heterocycles. The van der Waals surface area contributed by atoms with Gasteiger partial charge in [0.2, 0.25) is 5.91 Å². The smallest absolute Gasteiger partial charge is 0.229 e. The molecule has 17 heavy (non-hydrogen) atoms. The van der Waals surface area contributed by atoms with Crippen LogP contribution >= 0.6 is 0 Å². The van der Waals surface area contributed by atoms with Gasteiger partial charge in [-0.2, -0.15) is 5.10 Å². The van der Waals surface area contributed by atoms with Gasteiger partial charge in [0.05, 0.1) is 12.6 Å². The molecule has 0 atom stereocenters. The van der Waals surface area contributed by atoms with Crippen molar-refractivity contribution in [3.8, 4) is 0 Å². The van der Waals surface area contributed by atoms with Crippen LogP contribution in [-0.2, 0) is 11.2 Å². The molecule has 0 saturated carbocycles. The van der Waals surface area contributed by atoms with Crippen molar-refractivity contribution in [3.63, 3.8) is 0 Å². The molecule has 2 rings (SSSR count). The number of aromatic amines is 1. The first-order chi connectivity index (χ1) is 8.15. The summed E-state index contributed by atoms with van der Waals surface area (Å²) < 4.78 is 0. The summed E-state index contributed by atoms with van der Waals surface area (Å²) >= 11 is 0. The quantitative estimate of drug-likeness (QED) is 0.847. The molecular weight excluding hydrogens is 214 g/mol. The van der Waals surface area contributed by atoms with Crippen LogP contribution in [0.25, 0.3) is 0 Å². The van der Waals surface area contributed by atoms with Gasteiger partial charge >= 0.3 is 0 Å². The number of aromatic nitrogens is 2. The average Bonchev–Trinajstić information content (AvgIpc) is 2.68. The van der Waals surface area contributed by atoms with Crippen molar-refractivity contribution in [1.29, 1.82) is 0 Å². The molecule has 1 heterocycles. The van der Waals surface area contributed by atoms with E-state index in [2.05, 4.69) is 15.5 Å². The van der Waals surface area contributed by atoms with E-state index >= 15 is 0 Å². The maximum absolute atomic E-state index is 11.8. The van der Waals surface area contributed by atoms with Crippen molar-refractivity contribution in [2.24, 2.45) is 0 Å². The molecule has 0 unspecified atom stereocenters. The summed E-state index contributed by atoms with van der Waals surface area (Å²) in [5.74, 6) is 0.628. The molecule has 0 saturated heterocycles. The standard InChI is InChI=1S/C13H15N3O/c1-9-3-5-11(6-4-9)7-12(17)15-13-10(2)8-14-16-13/h3-6,8H,7H2,1-2H3,(H2,14,15,16,17). The number of nitrogens with zero attached hydrogens (tertiary/aromatic N) is 1. The van der Waals surface area contributed by atoms with Crippen molar-refractivity contribution in [1.82, 2.24) is 10.2 Å². The van der Waals surface area contributed by atoms with Crippen LogP contribution in [0.2, 0.25) is 0 Å². The van der Waals surface area contributed by atoms with E-state index in [-0.39, 0.29) is 5.91 Å². The van der Waals surface area contributed by atoms with Crippen molar-refractivity contribution >= 4 is 11.7 Å². The lowest BCUT2D eigenvalue weighted by molar-refractivity contribution is -0.115. The number of hydrogen-bond acceptors (Lipinski definition) is 2. The highest BCUT2D eigenvalue weighted by Gasteiger charge is 2.06. The number of nitrogens with one attached hydrogen (secondary N) is 2. The first-order valence-electron chi connectivity index (χ1n) is 5.50. The van der Waals surface area contributed by atoms with Gasteiger partial charge in [-0.3, -0.25) is 9.89 Å². The Labute approximate surface area is 100 Å². The summed E-state index contributed by atoms with van der Waals surface area (Å²) in [7, 11) is 0. The molecule has 0 spiro atoms.